The number of rotatable bonds is 4. The molecule has 0 aliphatic heterocycles. The van der Waals surface area contributed by atoms with Crippen LogP contribution in [0.5, 0.6) is 0 Å². The zero-order valence-corrected chi connectivity index (χ0v) is 18.6. The van der Waals surface area contributed by atoms with Crippen LogP contribution in [0.25, 0.3) is 11.0 Å². The molecule has 5 heteroatoms. The summed E-state index contributed by atoms with van der Waals surface area (Å²) < 4.78 is 7.87. The van der Waals surface area contributed by atoms with Crippen molar-refractivity contribution >= 4 is 22.6 Å². The molecule has 29 heavy (non-hydrogen) atoms. The summed E-state index contributed by atoms with van der Waals surface area (Å²) in [6, 6.07) is 5.96. The van der Waals surface area contributed by atoms with Gasteiger partial charge in [0.05, 0.1) is 17.1 Å². The van der Waals surface area contributed by atoms with Crippen molar-refractivity contribution in [2.75, 3.05) is 6.61 Å². The fourth-order valence-corrected chi connectivity index (χ4v) is 6.09. The molecule has 2 unspecified atom stereocenters. The van der Waals surface area contributed by atoms with E-state index in [4.69, 9.17) is 16.3 Å². The molecule has 0 saturated heterocycles. The summed E-state index contributed by atoms with van der Waals surface area (Å²) in [6.07, 6.45) is 12.6. The van der Waals surface area contributed by atoms with Crippen molar-refractivity contribution in [1.82, 2.24) is 9.55 Å². The number of hydrogen-bond acceptors (Lipinski definition) is 2. The van der Waals surface area contributed by atoms with Gasteiger partial charge in [0.15, 0.2) is 0 Å². The van der Waals surface area contributed by atoms with Crippen molar-refractivity contribution in [2.45, 2.75) is 90.2 Å². The standard InChI is InChI=1S/C24H35ClN2O2/c1-3-29-20-12-14-24(2,15-13-20)17-6-4-5-7-19(10-8-17)27-22-16-18(25)9-11-21(22)26-23(27)28/h9,11,16-17,19-20H,3-8,10,12-15H2,1-2H3,(H,26,28). The lowest BCUT2D eigenvalue weighted by Gasteiger charge is -2.44. The maximum absolute atomic E-state index is 12.7. The minimum atomic E-state index is 0.00724. The third-order valence-electron chi connectivity index (χ3n) is 7.70. The Bertz CT molecular complexity index is 879. The third-order valence-corrected chi connectivity index (χ3v) is 7.93. The molecule has 0 spiro atoms. The Balaban J connectivity index is 1.50. The van der Waals surface area contributed by atoms with E-state index >= 15 is 0 Å². The van der Waals surface area contributed by atoms with Gasteiger partial charge in [-0.15, -0.1) is 0 Å². The Labute approximate surface area is 179 Å². The van der Waals surface area contributed by atoms with E-state index in [1.54, 1.807) is 0 Å². The van der Waals surface area contributed by atoms with Crippen LogP contribution in [0.2, 0.25) is 5.02 Å². The molecule has 2 saturated carbocycles. The van der Waals surface area contributed by atoms with Gasteiger partial charge in [0.2, 0.25) is 0 Å². The first-order valence-electron chi connectivity index (χ1n) is 11.5. The summed E-state index contributed by atoms with van der Waals surface area (Å²) >= 11 is 6.23. The number of hydrogen-bond donors (Lipinski definition) is 1. The molecular formula is C24H35ClN2O2. The summed E-state index contributed by atoms with van der Waals surface area (Å²) in [4.78, 5) is 15.8. The summed E-state index contributed by atoms with van der Waals surface area (Å²) in [5.74, 6) is 0.748. The molecule has 0 radical (unpaired) electrons. The van der Waals surface area contributed by atoms with E-state index in [2.05, 4.69) is 18.8 Å². The number of ether oxygens (including phenoxy) is 1. The van der Waals surface area contributed by atoms with Crippen LogP contribution in [-0.2, 0) is 4.74 Å². The van der Waals surface area contributed by atoms with Crippen LogP contribution in [0.15, 0.2) is 23.0 Å². The highest BCUT2D eigenvalue weighted by Crippen LogP contribution is 2.48. The summed E-state index contributed by atoms with van der Waals surface area (Å²) in [5, 5.41) is 0.688. The van der Waals surface area contributed by atoms with E-state index in [0.717, 1.165) is 36.4 Å². The van der Waals surface area contributed by atoms with Gasteiger partial charge in [0, 0.05) is 17.7 Å². The summed E-state index contributed by atoms with van der Waals surface area (Å²) in [6.45, 7) is 5.44. The van der Waals surface area contributed by atoms with Crippen LogP contribution in [0, 0.1) is 11.3 Å². The second-order valence-electron chi connectivity index (χ2n) is 9.48. The second-order valence-corrected chi connectivity index (χ2v) is 9.92. The number of halogens is 1. The van der Waals surface area contributed by atoms with Gasteiger partial charge in [-0.3, -0.25) is 4.57 Å². The van der Waals surface area contributed by atoms with Crippen LogP contribution in [0.4, 0.5) is 0 Å². The van der Waals surface area contributed by atoms with Crippen LogP contribution >= 0.6 is 11.6 Å². The summed E-state index contributed by atoms with van der Waals surface area (Å²) in [7, 11) is 0. The fraction of sp³-hybridized carbons (Fsp3) is 0.708. The van der Waals surface area contributed by atoms with Crippen molar-refractivity contribution in [2.24, 2.45) is 11.3 Å². The second kappa shape index (κ2) is 8.85. The van der Waals surface area contributed by atoms with Gasteiger partial charge in [-0.1, -0.05) is 31.4 Å². The van der Waals surface area contributed by atoms with E-state index in [-0.39, 0.29) is 11.7 Å². The SMILES string of the molecule is CCOC1CCC(C)(C2CCCCC(n3c(=O)[nH]c4ccc(Cl)cc43)CC2)CC1. The molecule has 4 nitrogen and oxygen atoms in total. The van der Waals surface area contributed by atoms with E-state index < -0.39 is 0 Å². The first-order chi connectivity index (χ1) is 14.0. The number of aromatic nitrogens is 2. The Hall–Kier alpha value is -1.26. The van der Waals surface area contributed by atoms with Gasteiger partial charge < -0.3 is 9.72 Å². The Morgan fingerprint density at radius 2 is 1.90 bits per heavy atom. The number of aromatic amines is 1. The number of nitrogens with one attached hydrogen (secondary N) is 1. The predicted molar refractivity (Wildman–Crippen MR) is 120 cm³/mol. The van der Waals surface area contributed by atoms with E-state index in [1.807, 2.05) is 22.8 Å². The van der Waals surface area contributed by atoms with Crippen molar-refractivity contribution in [3.63, 3.8) is 0 Å². The van der Waals surface area contributed by atoms with Crippen LogP contribution < -0.4 is 5.69 Å². The molecular weight excluding hydrogens is 384 g/mol. The average molecular weight is 419 g/mol. The van der Waals surface area contributed by atoms with Crippen LogP contribution in [0.1, 0.15) is 84.1 Å². The lowest BCUT2D eigenvalue weighted by atomic mass is 9.63. The largest absolute Gasteiger partial charge is 0.379 e. The molecule has 4 rings (SSSR count). The smallest absolute Gasteiger partial charge is 0.326 e. The number of nitrogens with zero attached hydrogens (tertiary/aromatic N) is 1. The van der Waals surface area contributed by atoms with Crippen molar-refractivity contribution < 1.29 is 4.74 Å². The number of H-pyrrole nitrogens is 1. The van der Waals surface area contributed by atoms with Crippen LogP contribution in [0.3, 0.4) is 0 Å². The lowest BCUT2D eigenvalue weighted by Crippen LogP contribution is -2.36. The normalized spacial score (nSPS) is 31.5. The fourth-order valence-electron chi connectivity index (χ4n) is 5.93. The lowest BCUT2D eigenvalue weighted by molar-refractivity contribution is -0.0158. The highest BCUT2D eigenvalue weighted by molar-refractivity contribution is 6.31. The molecule has 0 bridgehead atoms. The van der Waals surface area contributed by atoms with Crippen LogP contribution in [-0.4, -0.2) is 22.3 Å². The monoisotopic (exact) mass is 418 g/mol. The minimum Gasteiger partial charge on any atom is -0.379 e. The maximum atomic E-state index is 12.7. The van der Waals surface area contributed by atoms with Crippen molar-refractivity contribution in [1.29, 1.82) is 0 Å². The summed E-state index contributed by atoms with van der Waals surface area (Å²) in [5.41, 5.74) is 2.27. The Morgan fingerprint density at radius 1 is 1.14 bits per heavy atom. The topological polar surface area (TPSA) is 47.0 Å². The Kier molecular flexibility index (Phi) is 6.41. The quantitative estimate of drug-likeness (QED) is 0.617. The molecule has 2 fully saturated rings. The molecule has 1 N–H and O–H groups in total. The third kappa shape index (κ3) is 4.44. The molecule has 2 aliphatic rings. The van der Waals surface area contributed by atoms with Gasteiger partial charge in [-0.05, 0) is 87.8 Å². The van der Waals surface area contributed by atoms with Gasteiger partial charge in [-0.2, -0.15) is 0 Å². The molecule has 2 aliphatic carbocycles. The highest BCUT2D eigenvalue weighted by Gasteiger charge is 2.38. The van der Waals surface area contributed by atoms with Crippen molar-refractivity contribution in [3.05, 3.63) is 33.7 Å². The van der Waals surface area contributed by atoms with E-state index in [9.17, 15) is 4.79 Å². The number of fused-ring (bicyclic) bond motifs is 1. The zero-order chi connectivity index (χ0) is 20.4. The van der Waals surface area contributed by atoms with Gasteiger partial charge >= 0.3 is 5.69 Å². The molecule has 2 aromatic rings. The molecule has 0 amide bonds. The number of imidazole rings is 1. The molecule has 160 valence electrons. The number of benzene rings is 1. The van der Waals surface area contributed by atoms with Gasteiger partial charge in [-0.25, -0.2) is 4.79 Å². The minimum absolute atomic E-state index is 0.00724. The zero-order valence-electron chi connectivity index (χ0n) is 17.9. The first kappa shape index (κ1) is 21.0. The average Bonchev–Trinajstić information content (AvgIpc) is 2.99. The van der Waals surface area contributed by atoms with Gasteiger partial charge in [0.25, 0.3) is 0 Å². The first-order valence-corrected chi connectivity index (χ1v) is 11.9. The molecule has 2 atom stereocenters. The van der Waals surface area contributed by atoms with E-state index in [1.165, 1.54) is 51.4 Å². The maximum Gasteiger partial charge on any atom is 0.326 e. The highest BCUT2D eigenvalue weighted by atomic mass is 35.5. The van der Waals surface area contributed by atoms with Gasteiger partial charge in [0.1, 0.15) is 0 Å². The van der Waals surface area contributed by atoms with Crippen molar-refractivity contribution in [3.8, 4) is 0 Å². The predicted octanol–water partition coefficient (Wildman–Crippen LogP) is 6.48. The Morgan fingerprint density at radius 3 is 2.66 bits per heavy atom. The molecule has 1 heterocycles. The van der Waals surface area contributed by atoms with E-state index in [0.29, 0.717) is 16.5 Å². The molecule has 1 aromatic carbocycles. The molecule has 1 aromatic heterocycles.